The Kier molecular flexibility index (Phi) is 7.95. The SMILES string of the molecule is CCN1c2ncc(CCOc3ccc(S(=O)(=O)c4cccc(CC(=O)O)c4)cc3C)cc2C(=O)N(C)c2cccnc21. The van der Waals surface area contributed by atoms with E-state index in [2.05, 4.69) is 9.97 Å². The lowest BCUT2D eigenvalue weighted by Gasteiger charge is -2.22. The van der Waals surface area contributed by atoms with Gasteiger partial charge in [-0.25, -0.2) is 18.4 Å². The number of carboxylic acid groups (broad SMARTS) is 1. The zero-order valence-corrected chi connectivity index (χ0v) is 24.3. The molecule has 1 amide bonds. The van der Waals surface area contributed by atoms with Crippen molar-refractivity contribution in [3.63, 3.8) is 0 Å². The quantitative estimate of drug-likeness (QED) is 0.299. The molecule has 3 heterocycles. The fraction of sp³-hybridized carbons (Fsp3) is 0.226. The van der Waals surface area contributed by atoms with Crippen molar-refractivity contribution in [2.75, 3.05) is 30.0 Å². The second kappa shape index (κ2) is 11.6. The minimum Gasteiger partial charge on any atom is -0.493 e. The molecule has 2 aromatic carbocycles. The maximum Gasteiger partial charge on any atom is 0.307 e. The summed E-state index contributed by atoms with van der Waals surface area (Å²) < 4.78 is 32.4. The van der Waals surface area contributed by atoms with Crippen molar-refractivity contribution < 1.29 is 27.9 Å². The van der Waals surface area contributed by atoms with Gasteiger partial charge in [0.25, 0.3) is 5.91 Å². The summed E-state index contributed by atoms with van der Waals surface area (Å²) >= 11 is 0. The molecule has 0 fully saturated rings. The second-order valence-electron chi connectivity index (χ2n) is 9.92. The molecule has 5 rings (SSSR count). The van der Waals surface area contributed by atoms with Gasteiger partial charge in [0.1, 0.15) is 11.6 Å². The zero-order chi connectivity index (χ0) is 30.0. The molecular weight excluding hydrogens is 556 g/mol. The van der Waals surface area contributed by atoms with E-state index >= 15 is 0 Å². The number of hydrogen-bond donors (Lipinski definition) is 1. The number of ether oxygens (including phenoxy) is 1. The molecule has 2 aromatic heterocycles. The number of rotatable bonds is 9. The Bertz CT molecular complexity index is 1790. The normalized spacial score (nSPS) is 12.9. The van der Waals surface area contributed by atoms with Crippen molar-refractivity contribution in [2.45, 2.75) is 36.5 Å². The maximum atomic E-state index is 13.4. The molecule has 0 aliphatic carbocycles. The van der Waals surface area contributed by atoms with Crippen LogP contribution in [-0.2, 0) is 27.5 Å². The molecule has 0 saturated heterocycles. The highest BCUT2D eigenvalue weighted by atomic mass is 32.2. The standard InChI is InChI=1S/C31H30N4O6S/c1-4-35-29-25(31(38)34(3)26-9-6-13-32-30(26)35)17-22(19-33-29)12-14-41-27-11-10-24(15-20(27)2)42(39,40)23-8-5-7-21(16-23)18-28(36)37/h5-11,13,15-17,19H,4,12,14,18H2,1-3H3,(H,36,37). The van der Waals surface area contributed by atoms with Crippen LogP contribution in [0.25, 0.3) is 0 Å². The van der Waals surface area contributed by atoms with Gasteiger partial charge in [-0.3, -0.25) is 9.59 Å². The summed E-state index contributed by atoms with van der Waals surface area (Å²) in [5.41, 5.74) is 3.06. The number of benzene rings is 2. The van der Waals surface area contributed by atoms with Crippen molar-refractivity contribution >= 4 is 39.0 Å². The number of fused-ring (bicyclic) bond motifs is 2. The van der Waals surface area contributed by atoms with E-state index in [-0.39, 0.29) is 28.7 Å². The highest BCUT2D eigenvalue weighted by molar-refractivity contribution is 7.91. The van der Waals surface area contributed by atoms with E-state index in [1.165, 1.54) is 30.3 Å². The summed E-state index contributed by atoms with van der Waals surface area (Å²) in [4.78, 5) is 37.2. The molecule has 4 aromatic rings. The molecular formula is C31H30N4O6S. The average Bonchev–Trinajstić information content (AvgIpc) is 3.06. The molecule has 0 unspecified atom stereocenters. The third-order valence-electron chi connectivity index (χ3n) is 7.08. The summed E-state index contributed by atoms with van der Waals surface area (Å²) in [5.74, 6) is 0.551. The lowest BCUT2D eigenvalue weighted by atomic mass is 10.1. The minimum atomic E-state index is -3.85. The van der Waals surface area contributed by atoms with E-state index in [4.69, 9.17) is 9.84 Å². The molecule has 42 heavy (non-hydrogen) atoms. The predicted molar refractivity (Wildman–Crippen MR) is 157 cm³/mol. The molecule has 0 radical (unpaired) electrons. The summed E-state index contributed by atoms with van der Waals surface area (Å²) in [6.45, 7) is 4.62. The number of carbonyl (C=O) groups is 2. The fourth-order valence-electron chi connectivity index (χ4n) is 4.92. The Hall–Kier alpha value is -4.77. The molecule has 10 nitrogen and oxygen atoms in total. The summed E-state index contributed by atoms with van der Waals surface area (Å²) in [5, 5.41) is 9.04. The molecule has 0 atom stereocenters. The molecule has 0 saturated carbocycles. The largest absolute Gasteiger partial charge is 0.493 e. The summed E-state index contributed by atoms with van der Waals surface area (Å²) in [6, 6.07) is 16.1. The Morgan fingerprint density at radius 2 is 1.76 bits per heavy atom. The average molecular weight is 587 g/mol. The maximum absolute atomic E-state index is 13.4. The Labute approximate surface area is 244 Å². The number of aromatic nitrogens is 2. The van der Waals surface area contributed by atoms with Gasteiger partial charge in [-0.1, -0.05) is 12.1 Å². The van der Waals surface area contributed by atoms with Crippen molar-refractivity contribution in [3.05, 3.63) is 95.3 Å². The number of hydrogen-bond acceptors (Lipinski definition) is 8. The predicted octanol–water partition coefficient (Wildman–Crippen LogP) is 4.61. The van der Waals surface area contributed by atoms with Gasteiger partial charge >= 0.3 is 5.97 Å². The first-order valence-electron chi connectivity index (χ1n) is 13.4. The van der Waals surface area contributed by atoms with Crippen LogP contribution in [0.2, 0.25) is 0 Å². The van der Waals surface area contributed by atoms with Crippen LogP contribution in [0.5, 0.6) is 5.75 Å². The van der Waals surface area contributed by atoms with E-state index in [1.807, 2.05) is 24.0 Å². The Balaban J connectivity index is 1.31. The highest BCUT2D eigenvalue weighted by Gasteiger charge is 2.30. The van der Waals surface area contributed by atoms with E-state index in [0.717, 1.165) is 5.56 Å². The number of carboxylic acids is 1. The first-order valence-corrected chi connectivity index (χ1v) is 14.9. The van der Waals surface area contributed by atoms with Crippen LogP contribution in [0, 0.1) is 6.92 Å². The zero-order valence-electron chi connectivity index (χ0n) is 23.4. The van der Waals surface area contributed by atoms with Gasteiger partial charge in [-0.15, -0.1) is 0 Å². The van der Waals surface area contributed by atoms with Crippen molar-refractivity contribution in [1.29, 1.82) is 0 Å². The van der Waals surface area contributed by atoms with Crippen molar-refractivity contribution in [1.82, 2.24) is 9.97 Å². The smallest absolute Gasteiger partial charge is 0.307 e. The van der Waals surface area contributed by atoms with Gasteiger partial charge in [-0.2, -0.15) is 0 Å². The number of anilines is 3. The van der Waals surface area contributed by atoms with E-state index in [9.17, 15) is 18.0 Å². The lowest BCUT2D eigenvalue weighted by molar-refractivity contribution is -0.136. The van der Waals surface area contributed by atoms with Crippen LogP contribution in [0.1, 0.15) is 34.0 Å². The van der Waals surface area contributed by atoms with Crippen molar-refractivity contribution in [2.24, 2.45) is 0 Å². The van der Waals surface area contributed by atoms with E-state index < -0.39 is 15.8 Å². The highest BCUT2D eigenvalue weighted by Crippen LogP contribution is 2.37. The second-order valence-corrected chi connectivity index (χ2v) is 11.9. The van der Waals surface area contributed by atoms with Crippen LogP contribution in [0.4, 0.5) is 17.3 Å². The topological polar surface area (TPSA) is 130 Å². The molecule has 1 aliphatic rings. The summed E-state index contributed by atoms with van der Waals surface area (Å²) in [7, 11) is -2.13. The molecule has 0 spiro atoms. The van der Waals surface area contributed by atoms with Gasteiger partial charge < -0.3 is 19.6 Å². The Morgan fingerprint density at radius 3 is 2.50 bits per heavy atom. The fourth-order valence-corrected chi connectivity index (χ4v) is 6.34. The van der Waals surface area contributed by atoms with Gasteiger partial charge in [0.05, 0.1) is 34.1 Å². The first kappa shape index (κ1) is 28.7. The number of nitrogens with zero attached hydrogens (tertiary/aromatic N) is 4. The lowest BCUT2D eigenvalue weighted by Crippen LogP contribution is -2.25. The number of carbonyl (C=O) groups excluding carboxylic acids is 1. The molecule has 0 bridgehead atoms. The third-order valence-corrected chi connectivity index (χ3v) is 8.83. The first-order chi connectivity index (χ1) is 20.1. The molecule has 216 valence electrons. The van der Waals surface area contributed by atoms with Gasteiger partial charge in [-0.05, 0) is 79.1 Å². The van der Waals surface area contributed by atoms with E-state index in [1.54, 1.807) is 49.5 Å². The number of amides is 1. The number of aliphatic carboxylic acids is 1. The van der Waals surface area contributed by atoms with Crippen LogP contribution >= 0.6 is 0 Å². The van der Waals surface area contributed by atoms with Crippen LogP contribution in [0.3, 0.4) is 0 Å². The molecule has 1 N–H and O–H groups in total. The molecule has 11 heteroatoms. The number of pyridine rings is 2. The monoisotopic (exact) mass is 586 g/mol. The van der Waals surface area contributed by atoms with Gasteiger partial charge in [0.2, 0.25) is 9.84 Å². The van der Waals surface area contributed by atoms with Gasteiger partial charge in [0.15, 0.2) is 5.82 Å². The van der Waals surface area contributed by atoms with Crippen LogP contribution in [0.15, 0.2) is 82.8 Å². The van der Waals surface area contributed by atoms with Crippen molar-refractivity contribution in [3.8, 4) is 5.75 Å². The minimum absolute atomic E-state index is 0.0331. The number of sulfone groups is 1. The number of aryl methyl sites for hydroxylation is 1. The van der Waals surface area contributed by atoms with Crippen LogP contribution < -0.4 is 14.5 Å². The third kappa shape index (κ3) is 5.55. The Morgan fingerprint density at radius 1 is 0.976 bits per heavy atom. The van der Waals surface area contributed by atoms with E-state index in [0.29, 0.717) is 52.7 Å². The molecule has 1 aliphatic heterocycles. The van der Waals surface area contributed by atoms with Crippen LogP contribution in [-0.4, -0.2) is 55.6 Å². The van der Waals surface area contributed by atoms with Gasteiger partial charge in [0, 0.05) is 32.4 Å². The summed E-state index contributed by atoms with van der Waals surface area (Å²) in [6.07, 6.45) is 3.64.